The van der Waals surface area contributed by atoms with E-state index in [0.29, 0.717) is 0 Å². The SMILES string of the molecule is CCOP(=O)(CC)OCCC(O[Si](C)(C)C)(c1ncn(C(c2ccccc2)(c2ccccc2)c2ccccc2)n1)C(F)(F)F. The first-order valence-corrected chi connectivity index (χ1v) is 19.7. The van der Waals surface area contributed by atoms with Crippen LogP contribution in [-0.2, 0) is 29.2 Å². The predicted octanol–water partition coefficient (Wildman–Crippen LogP) is 8.38. The summed E-state index contributed by atoms with van der Waals surface area (Å²) in [4.78, 5) is 4.33. The van der Waals surface area contributed by atoms with Gasteiger partial charge in [0.25, 0.3) is 0 Å². The third kappa shape index (κ3) is 6.92. The molecule has 1 aromatic heterocycles. The standard InChI is InChI=1S/C32H39F3N3O4PSi/c1-6-40-43(39,7-2)41-24-23-30(32(33,34)35,42-44(3,4)5)29-36-25-38(37-29)31(26-17-11-8-12-18-26,27-19-13-9-14-20-27)28-21-15-10-16-22-28/h8-22,25H,6-7,23-24H2,1-5H3. The number of aromatic nitrogens is 3. The minimum Gasteiger partial charge on any atom is -0.398 e. The van der Waals surface area contributed by atoms with E-state index in [4.69, 9.17) is 13.5 Å². The molecule has 4 rings (SSSR count). The van der Waals surface area contributed by atoms with Gasteiger partial charge >= 0.3 is 13.8 Å². The van der Waals surface area contributed by atoms with E-state index in [0.717, 1.165) is 16.7 Å². The minimum atomic E-state index is -4.93. The second-order valence-corrected chi connectivity index (χ2v) is 18.1. The van der Waals surface area contributed by atoms with Crippen molar-refractivity contribution in [2.24, 2.45) is 0 Å². The molecule has 0 bridgehead atoms. The van der Waals surface area contributed by atoms with Gasteiger partial charge in [0.15, 0.2) is 14.1 Å². The van der Waals surface area contributed by atoms with Crippen molar-refractivity contribution in [2.75, 3.05) is 19.4 Å². The Labute approximate surface area is 258 Å². The van der Waals surface area contributed by atoms with Crippen molar-refractivity contribution in [3.8, 4) is 0 Å². The summed E-state index contributed by atoms with van der Waals surface area (Å²) < 4.78 is 77.3. The Morgan fingerprint density at radius 1 is 0.795 bits per heavy atom. The summed E-state index contributed by atoms with van der Waals surface area (Å²) in [5.41, 5.74) is -1.76. The van der Waals surface area contributed by atoms with Crippen LogP contribution in [0.4, 0.5) is 13.2 Å². The maximum Gasteiger partial charge on any atom is 0.423 e. The zero-order chi connectivity index (χ0) is 32.1. The maximum atomic E-state index is 15.4. The zero-order valence-corrected chi connectivity index (χ0v) is 27.5. The van der Waals surface area contributed by atoms with Crippen molar-refractivity contribution in [2.45, 2.75) is 57.2 Å². The molecule has 0 aliphatic rings. The minimum absolute atomic E-state index is 0.0232. The topological polar surface area (TPSA) is 75.5 Å². The zero-order valence-electron chi connectivity index (χ0n) is 25.6. The van der Waals surface area contributed by atoms with Crippen LogP contribution in [0, 0.1) is 0 Å². The fourth-order valence-corrected chi connectivity index (χ4v) is 7.90. The maximum absolute atomic E-state index is 15.4. The smallest absolute Gasteiger partial charge is 0.398 e. The summed E-state index contributed by atoms with van der Waals surface area (Å²) in [7, 11) is -6.48. The Morgan fingerprint density at radius 3 is 1.66 bits per heavy atom. The van der Waals surface area contributed by atoms with Crippen LogP contribution in [0.25, 0.3) is 0 Å². The number of hydrogen-bond donors (Lipinski definition) is 0. The van der Waals surface area contributed by atoms with Gasteiger partial charge in [-0.1, -0.05) is 97.9 Å². The molecule has 0 aliphatic heterocycles. The molecule has 236 valence electrons. The average Bonchev–Trinajstić information content (AvgIpc) is 3.49. The highest BCUT2D eigenvalue weighted by molar-refractivity contribution is 7.53. The molecule has 44 heavy (non-hydrogen) atoms. The fourth-order valence-electron chi connectivity index (χ4n) is 5.35. The molecule has 0 spiro atoms. The van der Waals surface area contributed by atoms with Gasteiger partial charge < -0.3 is 13.5 Å². The summed E-state index contributed by atoms with van der Waals surface area (Å²) in [6.07, 6.45) is -4.29. The number of rotatable bonds is 14. The largest absolute Gasteiger partial charge is 0.423 e. The predicted molar refractivity (Wildman–Crippen MR) is 167 cm³/mol. The third-order valence-electron chi connectivity index (χ3n) is 7.16. The van der Waals surface area contributed by atoms with Crippen molar-refractivity contribution in [3.63, 3.8) is 0 Å². The highest BCUT2D eigenvalue weighted by Gasteiger charge is 2.61. The Bertz CT molecular complexity index is 1440. The molecule has 0 saturated heterocycles. The molecule has 7 nitrogen and oxygen atoms in total. The van der Waals surface area contributed by atoms with Crippen LogP contribution < -0.4 is 0 Å². The van der Waals surface area contributed by atoms with Crippen molar-refractivity contribution >= 4 is 15.9 Å². The highest BCUT2D eigenvalue weighted by Crippen LogP contribution is 2.51. The number of alkyl halides is 3. The summed E-state index contributed by atoms with van der Waals surface area (Å²) in [5.74, 6) is -0.550. The summed E-state index contributed by atoms with van der Waals surface area (Å²) in [6.45, 7) is 7.83. The van der Waals surface area contributed by atoms with Gasteiger partial charge in [0, 0.05) is 12.6 Å². The van der Waals surface area contributed by atoms with Crippen molar-refractivity contribution < 1.29 is 31.2 Å². The monoisotopic (exact) mass is 645 g/mol. The van der Waals surface area contributed by atoms with E-state index in [1.165, 1.54) is 11.0 Å². The Balaban J connectivity index is 1.95. The third-order valence-corrected chi connectivity index (χ3v) is 10.1. The van der Waals surface area contributed by atoms with Gasteiger partial charge in [-0.2, -0.15) is 18.3 Å². The molecule has 0 N–H and O–H groups in total. The molecule has 12 heteroatoms. The normalized spacial score (nSPS) is 15.5. The van der Waals surface area contributed by atoms with E-state index in [2.05, 4.69) is 10.1 Å². The van der Waals surface area contributed by atoms with Gasteiger partial charge in [-0.25, -0.2) is 9.67 Å². The summed E-state index contributed by atoms with van der Waals surface area (Å²) >= 11 is 0. The van der Waals surface area contributed by atoms with E-state index in [1.807, 2.05) is 91.0 Å². The molecule has 0 fully saturated rings. The lowest BCUT2D eigenvalue weighted by atomic mass is 9.77. The lowest BCUT2D eigenvalue weighted by Gasteiger charge is -2.39. The van der Waals surface area contributed by atoms with Gasteiger partial charge in [0.2, 0.25) is 5.60 Å². The first kappa shape index (κ1) is 33.8. The molecule has 0 radical (unpaired) electrons. The van der Waals surface area contributed by atoms with Crippen molar-refractivity contribution in [1.82, 2.24) is 14.8 Å². The van der Waals surface area contributed by atoms with Crippen LogP contribution in [0.15, 0.2) is 97.3 Å². The quantitative estimate of drug-likeness (QED) is 0.0779. The first-order chi connectivity index (χ1) is 20.8. The van der Waals surface area contributed by atoms with Crippen molar-refractivity contribution in [1.29, 1.82) is 0 Å². The number of hydrogen-bond acceptors (Lipinski definition) is 6. The van der Waals surface area contributed by atoms with E-state index in [9.17, 15) is 4.57 Å². The number of halogens is 3. The van der Waals surface area contributed by atoms with E-state index in [1.54, 1.807) is 33.5 Å². The fraction of sp³-hybridized carbons (Fsp3) is 0.375. The second kappa shape index (κ2) is 13.5. The van der Waals surface area contributed by atoms with E-state index >= 15 is 13.2 Å². The molecule has 0 aliphatic carbocycles. The van der Waals surface area contributed by atoms with Gasteiger partial charge in [-0.05, 0) is 43.3 Å². The highest BCUT2D eigenvalue weighted by atomic mass is 31.2. The lowest BCUT2D eigenvalue weighted by molar-refractivity contribution is -0.265. The van der Waals surface area contributed by atoms with Crippen LogP contribution in [0.5, 0.6) is 0 Å². The summed E-state index contributed by atoms with van der Waals surface area (Å²) in [6, 6.07) is 28.4. The number of nitrogens with zero attached hydrogens (tertiary/aromatic N) is 3. The molecule has 1 heterocycles. The van der Waals surface area contributed by atoms with Crippen molar-refractivity contribution in [3.05, 3.63) is 120 Å². The van der Waals surface area contributed by atoms with Crippen LogP contribution >= 0.6 is 7.60 Å². The Kier molecular flexibility index (Phi) is 10.4. The molecule has 3 aromatic carbocycles. The summed E-state index contributed by atoms with van der Waals surface area (Å²) in [5, 5.41) is 4.63. The van der Waals surface area contributed by atoms with Crippen LogP contribution in [0.2, 0.25) is 19.6 Å². The average molecular weight is 646 g/mol. The van der Waals surface area contributed by atoms with Gasteiger partial charge in [0.1, 0.15) is 11.9 Å². The molecule has 2 unspecified atom stereocenters. The molecule has 4 aromatic rings. The lowest BCUT2D eigenvalue weighted by Crippen LogP contribution is -2.52. The Morgan fingerprint density at radius 2 is 1.27 bits per heavy atom. The molecule has 0 saturated carbocycles. The first-order valence-electron chi connectivity index (χ1n) is 14.6. The van der Waals surface area contributed by atoms with Crippen LogP contribution in [0.3, 0.4) is 0 Å². The molecule has 0 amide bonds. The Hall–Kier alpha value is -3.08. The van der Waals surface area contributed by atoms with E-state index in [-0.39, 0.29) is 12.8 Å². The van der Waals surface area contributed by atoms with Gasteiger partial charge in [0.05, 0.1) is 13.2 Å². The van der Waals surface area contributed by atoms with Gasteiger partial charge in [-0.3, -0.25) is 4.57 Å². The van der Waals surface area contributed by atoms with E-state index < -0.39 is 52.1 Å². The van der Waals surface area contributed by atoms with Gasteiger partial charge in [-0.15, -0.1) is 0 Å². The number of benzene rings is 3. The molecular formula is C32H39F3N3O4PSi. The molecular weight excluding hydrogens is 606 g/mol. The van der Waals surface area contributed by atoms with Crippen LogP contribution in [-0.4, -0.2) is 48.6 Å². The molecule has 2 atom stereocenters. The van der Waals surface area contributed by atoms with Crippen LogP contribution in [0.1, 0.15) is 42.8 Å². The second-order valence-electron chi connectivity index (χ2n) is 11.3.